The van der Waals surface area contributed by atoms with Crippen LogP contribution in [0.2, 0.25) is 0 Å². The van der Waals surface area contributed by atoms with E-state index < -0.39 is 12.6 Å². The predicted molar refractivity (Wildman–Crippen MR) is 59.7 cm³/mol. The summed E-state index contributed by atoms with van der Waals surface area (Å²) in [7, 11) is 0. The summed E-state index contributed by atoms with van der Waals surface area (Å²) in [6.45, 7) is 0.692. The summed E-state index contributed by atoms with van der Waals surface area (Å²) in [5.74, 6) is -1.37. The first kappa shape index (κ1) is 13.9. The summed E-state index contributed by atoms with van der Waals surface area (Å²) in [6.07, 6.45) is 4.38. The SMILES string of the molecule is O=C(O)COCC(=O)NCCC1CCCCO1. The van der Waals surface area contributed by atoms with Gasteiger partial charge in [-0.3, -0.25) is 4.79 Å². The Kier molecular flexibility index (Phi) is 6.57. The highest BCUT2D eigenvalue weighted by Crippen LogP contribution is 2.14. The van der Waals surface area contributed by atoms with Crippen molar-refractivity contribution >= 4 is 11.9 Å². The summed E-state index contributed by atoms with van der Waals surface area (Å²) in [6, 6.07) is 0. The van der Waals surface area contributed by atoms with Gasteiger partial charge in [0.15, 0.2) is 0 Å². The highest BCUT2D eigenvalue weighted by Gasteiger charge is 2.13. The second kappa shape index (κ2) is 8.03. The van der Waals surface area contributed by atoms with E-state index in [1.165, 1.54) is 6.42 Å². The van der Waals surface area contributed by atoms with E-state index in [1.807, 2.05) is 0 Å². The summed E-state index contributed by atoms with van der Waals surface area (Å²) in [5, 5.41) is 11.0. The first-order valence-electron chi connectivity index (χ1n) is 5.86. The number of carbonyl (C=O) groups excluding carboxylic acids is 1. The second-order valence-corrected chi connectivity index (χ2v) is 4.01. The minimum absolute atomic E-state index is 0.210. The van der Waals surface area contributed by atoms with E-state index >= 15 is 0 Å². The Balaban J connectivity index is 1.97. The van der Waals surface area contributed by atoms with Crippen LogP contribution in [0.4, 0.5) is 0 Å². The monoisotopic (exact) mass is 245 g/mol. The van der Waals surface area contributed by atoms with Gasteiger partial charge in [-0.25, -0.2) is 4.79 Å². The molecule has 17 heavy (non-hydrogen) atoms. The lowest BCUT2D eigenvalue weighted by Gasteiger charge is -2.22. The number of carbonyl (C=O) groups is 2. The summed E-state index contributed by atoms with van der Waals surface area (Å²) in [4.78, 5) is 21.3. The lowest BCUT2D eigenvalue weighted by atomic mass is 10.1. The molecule has 0 aromatic rings. The molecule has 0 bridgehead atoms. The van der Waals surface area contributed by atoms with Gasteiger partial charge in [-0.15, -0.1) is 0 Å². The van der Waals surface area contributed by atoms with Crippen LogP contribution in [-0.4, -0.2) is 49.5 Å². The molecule has 2 N–H and O–H groups in total. The van der Waals surface area contributed by atoms with Crippen LogP contribution in [0.25, 0.3) is 0 Å². The maximum atomic E-state index is 11.2. The Morgan fingerprint density at radius 3 is 2.82 bits per heavy atom. The fraction of sp³-hybridized carbons (Fsp3) is 0.818. The lowest BCUT2D eigenvalue weighted by molar-refractivity contribution is -0.143. The van der Waals surface area contributed by atoms with Gasteiger partial charge in [-0.2, -0.15) is 0 Å². The van der Waals surface area contributed by atoms with Crippen LogP contribution in [-0.2, 0) is 19.1 Å². The standard InChI is InChI=1S/C11H19NO5/c13-10(7-16-8-11(14)15)12-5-4-9-3-1-2-6-17-9/h9H,1-8H2,(H,12,13)(H,14,15). The van der Waals surface area contributed by atoms with E-state index in [2.05, 4.69) is 10.1 Å². The Morgan fingerprint density at radius 1 is 1.35 bits per heavy atom. The molecule has 0 saturated carbocycles. The number of carboxylic acids is 1. The van der Waals surface area contributed by atoms with Crippen molar-refractivity contribution in [1.29, 1.82) is 0 Å². The molecular weight excluding hydrogens is 226 g/mol. The molecule has 98 valence electrons. The fourth-order valence-electron chi connectivity index (χ4n) is 1.69. The Morgan fingerprint density at radius 2 is 2.18 bits per heavy atom. The lowest BCUT2D eigenvalue weighted by Crippen LogP contribution is -2.32. The smallest absolute Gasteiger partial charge is 0.329 e. The highest BCUT2D eigenvalue weighted by molar-refractivity contribution is 5.77. The quantitative estimate of drug-likeness (QED) is 0.667. The zero-order valence-corrected chi connectivity index (χ0v) is 9.81. The third kappa shape index (κ3) is 6.91. The van der Waals surface area contributed by atoms with Crippen molar-refractivity contribution in [1.82, 2.24) is 5.32 Å². The molecule has 1 unspecified atom stereocenters. The number of aliphatic carboxylic acids is 1. The molecule has 6 heteroatoms. The van der Waals surface area contributed by atoms with E-state index in [0.717, 1.165) is 25.9 Å². The van der Waals surface area contributed by atoms with Crippen molar-refractivity contribution in [3.63, 3.8) is 0 Å². The van der Waals surface area contributed by atoms with E-state index in [9.17, 15) is 9.59 Å². The first-order valence-corrected chi connectivity index (χ1v) is 5.86. The average Bonchev–Trinajstić information content (AvgIpc) is 2.30. The normalized spacial score (nSPS) is 19.9. The summed E-state index contributed by atoms with van der Waals surface area (Å²) < 4.78 is 10.2. The number of nitrogens with one attached hydrogen (secondary N) is 1. The molecule has 1 saturated heterocycles. The van der Waals surface area contributed by atoms with Crippen LogP contribution in [0.5, 0.6) is 0 Å². The molecule has 1 heterocycles. The van der Waals surface area contributed by atoms with Crippen molar-refractivity contribution < 1.29 is 24.2 Å². The third-order valence-corrected chi connectivity index (χ3v) is 2.52. The minimum atomic E-state index is -1.08. The molecule has 1 aliphatic rings. The maximum Gasteiger partial charge on any atom is 0.329 e. The minimum Gasteiger partial charge on any atom is -0.480 e. The highest BCUT2D eigenvalue weighted by atomic mass is 16.5. The van der Waals surface area contributed by atoms with Crippen molar-refractivity contribution in [3.8, 4) is 0 Å². The van der Waals surface area contributed by atoms with Gasteiger partial charge < -0.3 is 19.9 Å². The van der Waals surface area contributed by atoms with Gasteiger partial charge in [-0.05, 0) is 25.7 Å². The maximum absolute atomic E-state index is 11.2. The zero-order chi connectivity index (χ0) is 12.5. The van der Waals surface area contributed by atoms with Gasteiger partial charge in [-0.1, -0.05) is 0 Å². The van der Waals surface area contributed by atoms with Crippen molar-refractivity contribution in [2.24, 2.45) is 0 Å². The summed E-state index contributed by atoms with van der Waals surface area (Å²) >= 11 is 0. The van der Waals surface area contributed by atoms with Gasteiger partial charge in [0.05, 0.1) is 6.10 Å². The van der Waals surface area contributed by atoms with Crippen LogP contribution in [0.1, 0.15) is 25.7 Å². The number of carboxylic acid groups (broad SMARTS) is 1. The first-order chi connectivity index (χ1) is 8.18. The number of rotatable bonds is 7. The van der Waals surface area contributed by atoms with Gasteiger partial charge in [0.1, 0.15) is 13.2 Å². The molecule has 1 atom stereocenters. The number of amides is 1. The molecule has 0 spiro atoms. The van der Waals surface area contributed by atoms with E-state index in [1.54, 1.807) is 0 Å². The van der Waals surface area contributed by atoms with Crippen LogP contribution >= 0.6 is 0 Å². The summed E-state index contributed by atoms with van der Waals surface area (Å²) in [5.41, 5.74) is 0. The van der Waals surface area contributed by atoms with Gasteiger partial charge in [0.25, 0.3) is 0 Å². The van der Waals surface area contributed by atoms with Crippen LogP contribution in [0.15, 0.2) is 0 Å². The molecule has 1 rings (SSSR count). The third-order valence-electron chi connectivity index (χ3n) is 2.52. The van der Waals surface area contributed by atoms with E-state index in [4.69, 9.17) is 9.84 Å². The Bertz CT molecular complexity index is 250. The molecular formula is C11H19NO5. The number of hydrogen-bond donors (Lipinski definition) is 2. The fourth-order valence-corrected chi connectivity index (χ4v) is 1.69. The van der Waals surface area contributed by atoms with Crippen LogP contribution in [0.3, 0.4) is 0 Å². The molecule has 0 aliphatic carbocycles. The van der Waals surface area contributed by atoms with Crippen molar-refractivity contribution in [3.05, 3.63) is 0 Å². The molecule has 1 fully saturated rings. The molecule has 1 amide bonds. The predicted octanol–water partition coefficient (Wildman–Crippen LogP) is 0.163. The Labute approximate surface area is 100 Å². The molecule has 0 aromatic carbocycles. The molecule has 1 aliphatic heterocycles. The van der Waals surface area contributed by atoms with E-state index in [0.29, 0.717) is 6.54 Å². The van der Waals surface area contributed by atoms with Crippen molar-refractivity contribution in [2.75, 3.05) is 26.4 Å². The van der Waals surface area contributed by atoms with Crippen LogP contribution in [0, 0.1) is 0 Å². The van der Waals surface area contributed by atoms with Gasteiger partial charge in [0.2, 0.25) is 5.91 Å². The van der Waals surface area contributed by atoms with Gasteiger partial charge in [0, 0.05) is 13.2 Å². The number of hydrogen-bond acceptors (Lipinski definition) is 4. The van der Waals surface area contributed by atoms with Crippen LogP contribution < -0.4 is 5.32 Å². The average molecular weight is 245 g/mol. The zero-order valence-electron chi connectivity index (χ0n) is 9.81. The largest absolute Gasteiger partial charge is 0.480 e. The topological polar surface area (TPSA) is 84.9 Å². The van der Waals surface area contributed by atoms with Crippen molar-refractivity contribution in [2.45, 2.75) is 31.8 Å². The van der Waals surface area contributed by atoms with Gasteiger partial charge >= 0.3 is 5.97 Å². The Hall–Kier alpha value is -1.14. The second-order valence-electron chi connectivity index (χ2n) is 4.01. The molecule has 0 radical (unpaired) electrons. The number of ether oxygens (including phenoxy) is 2. The van der Waals surface area contributed by atoms with E-state index in [-0.39, 0.29) is 18.6 Å². The molecule has 6 nitrogen and oxygen atoms in total. The molecule has 0 aromatic heterocycles.